The highest BCUT2D eigenvalue weighted by molar-refractivity contribution is 5.99. The fourth-order valence-corrected chi connectivity index (χ4v) is 3.41. The zero-order valence-electron chi connectivity index (χ0n) is 19.2. The van der Waals surface area contributed by atoms with Crippen LogP contribution >= 0.6 is 0 Å². The molecule has 0 aliphatic heterocycles. The Morgan fingerprint density at radius 1 is 1.00 bits per heavy atom. The molecule has 0 fully saturated rings. The second-order valence-corrected chi connectivity index (χ2v) is 8.93. The van der Waals surface area contributed by atoms with Gasteiger partial charge < -0.3 is 20.9 Å². The number of ether oxygens (including phenoxy) is 1. The first-order chi connectivity index (χ1) is 15.6. The van der Waals surface area contributed by atoms with Crippen LogP contribution in [0.4, 0.5) is 5.69 Å². The SMILES string of the molecule is CC(C)(C)OC(=O)[C@H](CCc1ccccc1)NC(=O)c1ccc(N)c(-c2ccc(O)cc2)c1. The number of phenols is 1. The third-order valence-electron chi connectivity index (χ3n) is 5.05. The first-order valence-corrected chi connectivity index (χ1v) is 10.9. The van der Waals surface area contributed by atoms with E-state index in [9.17, 15) is 14.7 Å². The number of carbonyl (C=O) groups excluding carboxylic acids is 2. The van der Waals surface area contributed by atoms with Crippen molar-refractivity contribution in [3.8, 4) is 16.9 Å². The van der Waals surface area contributed by atoms with Crippen molar-refractivity contribution in [3.05, 3.63) is 83.9 Å². The predicted molar refractivity (Wildman–Crippen MR) is 130 cm³/mol. The summed E-state index contributed by atoms with van der Waals surface area (Å²) in [5.41, 5.74) is 8.85. The maximum atomic E-state index is 13.1. The van der Waals surface area contributed by atoms with Gasteiger partial charge in [-0.2, -0.15) is 0 Å². The van der Waals surface area contributed by atoms with Crippen LogP contribution in [0.2, 0.25) is 0 Å². The van der Waals surface area contributed by atoms with Crippen molar-refractivity contribution in [1.82, 2.24) is 5.32 Å². The van der Waals surface area contributed by atoms with Crippen LogP contribution in [-0.4, -0.2) is 28.6 Å². The highest BCUT2D eigenvalue weighted by Gasteiger charge is 2.27. The summed E-state index contributed by atoms with van der Waals surface area (Å²) in [7, 11) is 0. The van der Waals surface area contributed by atoms with Gasteiger partial charge >= 0.3 is 5.97 Å². The number of esters is 1. The van der Waals surface area contributed by atoms with Crippen LogP contribution in [0.5, 0.6) is 5.75 Å². The number of nitrogen functional groups attached to an aromatic ring is 1. The van der Waals surface area contributed by atoms with E-state index in [1.165, 1.54) is 0 Å². The lowest BCUT2D eigenvalue weighted by molar-refractivity contribution is -0.157. The molecule has 3 aromatic carbocycles. The van der Waals surface area contributed by atoms with E-state index in [0.29, 0.717) is 29.7 Å². The minimum atomic E-state index is -0.799. The van der Waals surface area contributed by atoms with Crippen molar-refractivity contribution in [1.29, 1.82) is 0 Å². The van der Waals surface area contributed by atoms with Crippen LogP contribution in [0.15, 0.2) is 72.8 Å². The Morgan fingerprint density at radius 3 is 2.30 bits per heavy atom. The van der Waals surface area contributed by atoms with Gasteiger partial charge in [-0.3, -0.25) is 4.79 Å². The number of carbonyl (C=O) groups is 2. The average molecular weight is 447 g/mol. The van der Waals surface area contributed by atoms with Crippen molar-refractivity contribution in [2.24, 2.45) is 0 Å². The lowest BCUT2D eigenvalue weighted by atomic mass is 10.00. The monoisotopic (exact) mass is 446 g/mol. The van der Waals surface area contributed by atoms with E-state index in [1.807, 2.05) is 30.3 Å². The van der Waals surface area contributed by atoms with Crippen LogP contribution in [-0.2, 0) is 16.0 Å². The van der Waals surface area contributed by atoms with Crippen molar-refractivity contribution in [3.63, 3.8) is 0 Å². The number of nitrogens with one attached hydrogen (secondary N) is 1. The molecule has 0 bridgehead atoms. The molecule has 3 aromatic rings. The molecule has 0 saturated carbocycles. The highest BCUT2D eigenvalue weighted by Crippen LogP contribution is 2.28. The van der Waals surface area contributed by atoms with E-state index in [0.717, 1.165) is 11.1 Å². The fourth-order valence-electron chi connectivity index (χ4n) is 3.41. The number of phenolic OH excluding ortho intramolecular Hbond substituents is 1. The summed E-state index contributed by atoms with van der Waals surface area (Å²) in [6, 6.07) is 20.5. The van der Waals surface area contributed by atoms with Crippen molar-refractivity contribution in [2.75, 3.05) is 5.73 Å². The summed E-state index contributed by atoms with van der Waals surface area (Å²) in [5, 5.41) is 12.4. The molecule has 0 heterocycles. The summed E-state index contributed by atoms with van der Waals surface area (Å²) >= 11 is 0. The maximum absolute atomic E-state index is 13.1. The van der Waals surface area contributed by atoms with Gasteiger partial charge in [0.05, 0.1) is 0 Å². The summed E-state index contributed by atoms with van der Waals surface area (Å²) in [6.07, 6.45) is 1.02. The Kier molecular flexibility index (Phi) is 7.38. The summed E-state index contributed by atoms with van der Waals surface area (Å²) in [4.78, 5) is 25.9. The Labute approximate surface area is 194 Å². The molecule has 6 nitrogen and oxygen atoms in total. The largest absolute Gasteiger partial charge is 0.508 e. The summed E-state index contributed by atoms with van der Waals surface area (Å²) < 4.78 is 5.55. The quantitative estimate of drug-likeness (QED) is 0.360. The zero-order valence-corrected chi connectivity index (χ0v) is 19.2. The van der Waals surface area contributed by atoms with Gasteiger partial charge in [-0.15, -0.1) is 0 Å². The molecule has 1 amide bonds. The molecule has 0 aliphatic carbocycles. The van der Waals surface area contributed by atoms with Crippen LogP contribution in [0.1, 0.15) is 43.1 Å². The van der Waals surface area contributed by atoms with Crippen LogP contribution in [0, 0.1) is 0 Å². The van der Waals surface area contributed by atoms with Gasteiger partial charge in [-0.25, -0.2) is 4.79 Å². The number of benzene rings is 3. The Hall–Kier alpha value is -3.80. The second-order valence-electron chi connectivity index (χ2n) is 8.93. The lowest BCUT2D eigenvalue weighted by Gasteiger charge is -2.25. The van der Waals surface area contributed by atoms with Gasteiger partial charge in [0.1, 0.15) is 17.4 Å². The lowest BCUT2D eigenvalue weighted by Crippen LogP contribution is -2.44. The second kappa shape index (κ2) is 10.2. The molecule has 0 spiro atoms. The first kappa shape index (κ1) is 23.9. The average Bonchev–Trinajstić information content (AvgIpc) is 2.77. The predicted octanol–water partition coefficient (Wildman–Crippen LogP) is 4.71. The molecular formula is C27H30N2O4. The molecule has 3 rings (SSSR count). The normalized spacial score (nSPS) is 12.1. The van der Waals surface area contributed by atoms with Gasteiger partial charge in [0.15, 0.2) is 0 Å². The molecule has 4 N–H and O–H groups in total. The van der Waals surface area contributed by atoms with E-state index in [2.05, 4.69) is 5.32 Å². The van der Waals surface area contributed by atoms with Crippen LogP contribution < -0.4 is 11.1 Å². The van der Waals surface area contributed by atoms with E-state index >= 15 is 0 Å². The molecule has 0 radical (unpaired) electrons. The molecule has 0 aliphatic rings. The molecule has 0 unspecified atom stereocenters. The standard InChI is InChI=1S/C27H30N2O4/c1-27(2,3)33-26(32)24(16-9-18-7-5-4-6-8-18)29-25(31)20-12-15-23(28)22(17-20)19-10-13-21(30)14-11-19/h4-8,10-15,17,24,30H,9,16,28H2,1-3H3,(H,29,31)/t24-/m0/s1. The molecule has 0 aromatic heterocycles. The number of aryl methyl sites for hydroxylation is 1. The van der Waals surface area contributed by atoms with Gasteiger partial charge in [-0.1, -0.05) is 42.5 Å². The molecule has 6 heteroatoms. The molecular weight excluding hydrogens is 416 g/mol. The minimum absolute atomic E-state index is 0.143. The maximum Gasteiger partial charge on any atom is 0.329 e. The van der Waals surface area contributed by atoms with Gasteiger partial charge in [0.2, 0.25) is 0 Å². The van der Waals surface area contributed by atoms with E-state index in [-0.39, 0.29) is 11.7 Å². The number of nitrogens with two attached hydrogens (primary N) is 1. The number of anilines is 1. The number of hydrogen-bond acceptors (Lipinski definition) is 5. The van der Waals surface area contributed by atoms with Crippen LogP contribution in [0.25, 0.3) is 11.1 Å². The number of hydrogen-bond donors (Lipinski definition) is 3. The topological polar surface area (TPSA) is 102 Å². The van der Waals surface area contributed by atoms with Gasteiger partial charge in [-0.05, 0) is 75.1 Å². The number of amides is 1. The number of rotatable bonds is 7. The smallest absolute Gasteiger partial charge is 0.329 e. The molecule has 1 atom stereocenters. The van der Waals surface area contributed by atoms with Crippen molar-refractivity contribution < 1.29 is 19.4 Å². The Morgan fingerprint density at radius 2 is 1.67 bits per heavy atom. The van der Waals surface area contributed by atoms with Crippen molar-refractivity contribution >= 4 is 17.6 Å². The molecule has 33 heavy (non-hydrogen) atoms. The highest BCUT2D eigenvalue weighted by atomic mass is 16.6. The zero-order chi connectivity index (χ0) is 24.0. The van der Waals surface area contributed by atoms with Crippen LogP contribution in [0.3, 0.4) is 0 Å². The van der Waals surface area contributed by atoms with Crippen molar-refractivity contribution in [2.45, 2.75) is 45.3 Å². The van der Waals surface area contributed by atoms with E-state index in [1.54, 1.807) is 63.2 Å². The van der Waals surface area contributed by atoms with Gasteiger partial charge in [0, 0.05) is 16.8 Å². The Balaban J connectivity index is 1.81. The summed E-state index contributed by atoms with van der Waals surface area (Å²) in [6.45, 7) is 5.39. The first-order valence-electron chi connectivity index (χ1n) is 10.9. The molecule has 0 saturated heterocycles. The summed E-state index contributed by atoms with van der Waals surface area (Å²) in [5.74, 6) is -0.718. The van der Waals surface area contributed by atoms with E-state index in [4.69, 9.17) is 10.5 Å². The van der Waals surface area contributed by atoms with E-state index < -0.39 is 17.6 Å². The minimum Gasteiger partial charge on any atom is -0.508 e. The van der Waals surface area contributed by atoms with Gasteiger partial charge in [0.25, 0.3) is 5.91 Å². The third kappa shape index (κ3) is 6.84. The fraction of sp³-hybridized carbons (Fsp3) is 0.259. The number of aromatic hydroxyl groups is 1. The Bertz CT molecular complexity index is 1100. The third-order valence-corrected chi connectivity index (χ3v) is 5.05. The molecule has 172 valence electrons.